The average Bonchev–Trinajstić information content (AvgIpc) is 2.55. The Morgan fingerprint density at radius 1 is 1.22 bits per heavy atom. The largest absolute Gasteiger partial charge is 0.372 e. The maximum Gasteiger partial charge on any atom is 0.293 e. The number of carbonyl (C=O) groups is 1. The summed E-state index contributed by atoms with van der Waals surface area (Å²) in [4.78, 5) is 24.1. The molecule has 0 aliphatic rings. The summed E-state index contributed by atoms with van der Waals surface area (Å²) < 4.78 is 0. The molecule has 0 aliphatic heterocycles. The highest BCUT2D eigenvalue weighted by atomic mass is 16.6. The zero-order valence-corrected chi connectivity index (χ0v) is 12.8. The first kappa shape index (κ1) is 16.2. The van der Waals surface area contributed by atoms with Gasteiger partial charge in [-0.15, -0.1) is 0 Å². The van der Waals surface area contributed by atoms with Crippen LogP contribution < -0.4 is 10.3 Å². The highest BCUT2D eigenvalue weighted by Gasteiger charge is 2.15. The molecule has 1 amide bonds. The van der Waals surface area contributed by atoms with Crippen molar-refractivity contribution < 1.29 is 9.72 Å². The lowest BCUT2D eigenvalue weighted by Crippen LogP contribution is -2.17. The van der Waals surface area contributed by atoms with Gasteiger partial charge in [-0.05, 0) is 18.2 Å². The second kappa shape index (κ2) is 7.17. The maximum absolute atomic E-state index is 11.8. The molecule has 7 nitrogen and oxygen atoms in total. The van der Waals surface area contributed by atoms with Gasteiger partial charge in [-0.25, -0.2) is 5.43 Å². The number of carbonyl (C=O) groups excluding carboxylic acids is 1. The van der Waals surface area contributed by atoms with Crippen LogP contribution in [0.1, 0.15) is 15.9 Å². The molecule has 0 atom stereocenters. The van der Waals surface area contributed by atoms with Crippen molar-refractivity contribution in [3.8, 4) is 0 Å². The summed E-state index contributed by atoms with van der Waals surface area (Å²) in [6.45, 7) is 0. The Labute approximate surface area is 133 Å². The van der Waals surface area contributed by atoms with Crippen molar-refractivity contribution in [2.24, 2.45) is 5.10 Å². The number of nitrogens with one attached hydrogen (secondary N) is 1. The number of anilines is 1. The van der Waals surface area contributed by atoms with Gasteiger partial charge in [0.15, 0.2) is 0 Å². The Bertz CT molecular complexity index is 742. The van der Waals surface area contributed by atoms with Crippen molar-refractivity contribution in [2.45, 2.75) is 0 Å². The second-order valence-corrected chi connectivity index (χ2v) is 4.96. The van der Waals surface area contributed by atoms with Crippen molar-refractivity contribution in [3.63, 3.8) is 0 Å². The van der Waals surface area contributed by atoms with E-state index in [4.69, 9.17) is 0 Å². The highest BCUT2D eigenvalue weighted by Crippen LogP contribution is 2.27. The van der Waals surface area contributed by atoms with Crippen LogP contribution in [0.4, 0.5) is 11.4 Å². The van der Waals surface area contributed by atoms with Gasteiger partial charge >= 0.3 is 0 Å². The lowest BCUT2D eigenvalue weighted by Gasteiger charge is -2.12. The average molecular weight is 312 g/mol. The summed E-state index contributed by atoms with van der Waals surface area (Å²) in [7, 11) is 3.46. The minimum absolute atomic E-state index is 0.0201. The van der Waals surface area contributed by atoms with Crippen LogP contribution in [0.25, 0.3) is 0 Å². The molecule has 2 aromatic carbocycles. The van der Waals surface area contributed by atoms with Crippen LogP contribution in [0.2, 0.25) is 0 Å². The fourth-order valence-electron chi connectivity index (χ4n) is 1.96. The van der Waals surface area contributed by atoms with Gasteiger partial charge in [0.25, 0.3) is 11.6 Å². The fraction of sp³-hybridized carbons (Fsp3) is 0.125. The van der Waals surface area contributed by atoms with Gasteiger partial charge in [-0.2, -0.15) is 5.10 Å². The molecule has 0 fully saturated rings. The van der Waals surface area contributed by atoms with Gasteiger partial charge in [-0.1, -0.05) is 24.3 Å². The SMILES string of the molecule is CN(C)c1ccc(/C=N/NC(=O)c2ccccc2)cc1[N+](=O)[O-]. The lowest BCUT2D eigenvalue weighted by molar-refractivity contribution is -0.384. The zero-order chi connectivity index (χ0) is 16.8. The molecule has 2 aromatic rings. The van der Waals surface area contributed by atoms with Crippen molar-refractivity contribution in [2.75, 3.05) is 19.0 Å². The van der Waals surface area contributed by atoms with Gasteiger partial charge in [0, 0.05) is 31.3 Å². The molecule has 1 N–H and O–H groups in total. The number of hydrogen-bond donors (Lipinski definition) is 1. The van der Waals surface area contributed by atoms with Crippen molar-refractivity contribution in [3.05, 3.63) is 69.8 Å². The monoisotopic (exact) mass is 312 g/mol. The molecule has 0 aromatic heterocycles. The Kier molecular flexibility index (Phi) is 5.03. The summed E-state index contributed by atoms with van der Waals surface area (Å²) in [5.41, 5.74) is 3.87. The molecule has 0 unspecified atom stereocenters. The first-order valence-electron chi connectivity index (χ1n) is 6.83. The van der Waals surface area contributed by atoms with Crippen molar-refractivity contribution >= 4 is 23.5 Å². The lowest BCUT2D eigenvalue weighted by atomic mass is 10.2. The van der Waals surface area contributed by atoms with Gasteiger partial charge in [0.05, 0.1) is 11.1 Å². The van der Waals surface area contributed by atoms with E-state index in [-0.39, 0.29) is 11.6 Å². The summed E-state index contributed by atoms with van der Waals surface area (Å²) >= 11 is 0. The molecule has 0 saturated heterocycles. The normalized spacial score (nSPS) is 10.5. The summed E-state index contributed by atoms with van der Waals surface area (Å²) in [6, 6.07) is 13.4. The summed E-state index contributed by atoms with van der Waals surface area (Å²) in [6.07, 6.45) is 1.37. The third-order valence-corrected chi connectivity index (χ3v) is 3.09. The molecule has 0 aliphatic carbocycles. The van der Waals surface area contributed by atoms with E-state index in [1.165, 1.54) is 12.3 Å². The molecule has 23 heavy (non-hydrogen) atoms. The van der Waals surface area contributed by atoms with Gasteiger partial charge in [0.1, 0.15) is 5.69 Å². The predicted octanol–water partition coefficient (Wildman–Crippen LogP) is 2.42. The van der Waals surface area contributed by atoms with Crippen LogP contribution in [0.5, 0.6) is 0 Å². The Morgan fingerprint density at radius 2 is 1.91 bits per heavy atom. The molecule has 0 spiro atoms. The zero-order valence-electron chi connectivity index (χ0n) is 12.8. The van der Waals surface area contributed by atoms with E-state index in [1.807, 2.05) is 6.07 Å². The van der Waals surface area contributed by atoms with Gasteiger partial charge < -0.3 is 4.90 Å². The molecule has 0 saturated carbocycles. The van der Waals surface area contributed by atoms with E-state index in [9.17, 15) is 14.9 Å². The Morgan fingerprint density at radius 3 is 2.52 bits per heavy atom. The van der Waals surface area contributed by atoms with Crippen LogP contribution in [-0.2, 0) is 0 Å². The van der Waals surface area contributed by atoms with Crippen LogP contribution in [0.3, 0.4) is 0 Å². The number of amides is 1. The van der Waals surface area contributed by atoms with Crippen molar-refractivity contribution in [1.29, 1.82) is 0 Å². The third kappa shape index (κ3) is 4.13. The quantitative estimate of drug-likeness (QED) is 0.522. The Balaban J connectivity index is 2.12. The number of benzene rings is 2. The molecule has 0 heterocycles. The van der Waals surface area contributed by atoms with E-state index in [2.05, 4.69) is 10.5 Å². The van der Waals surface area contributed by atoms with Crippen LogP contribution >= 0.6 is 0 Å². The number of nitro groups is 1. The first-order chi connectivity index (χ1) is 11.0. The minimum Gasteiger partial charge on any atom is -0.372 e. The van der Waals surface area contributed by atoms with E-state index >= 15 is 0 Å². The highest BCUT2D eigenvalue weighted by molar-refractivity contribution is 5.94. The van der Waals surface area contributed by atoms with E-state index in [0.717, 1.165) is 0 Å². The standard InChI is InChI=1S/C16H16N4O3/c1-19(2)14-9-8-12(10-15(14)20(22)23)11-17-18-16(21)13-6-4-3-5-7-13/h3-11H,1-2H3,(H,18,21)/b17-11+. The number of hydrogen-bond acceptors (Lipinski definition) is 5. The number of hydrazone groups is 1. The predicted molar refractivity (Wildman–Crippen MR) is 88.9 cm³/mol. The van der Waals surface area contributed by atoms with Crippen LogP contribution in [0, 0.1) is 10.1 Å². The molecule has 0 radical (unpaired) electrons. The molecule has 2 rings (SSSR count). The Hall–Kier alpha value is -3.22. The molecule has 0 bridgehead atoms. The summed E-state index contributed by atoms with van der Waals surface area (Å²) in [5.74, 6) is -0.346. The number of rotatable bonds is 5. The fourth-order valence-corrected chi connectivity index (χ4v) is 1.96. The van der Waals surface area contributed by atoms with E-state index in [0.29, 0.717) is 16.8 Å². The minimum atomic E-state index is -0.449. The number of nitrogens with zero attached hydrogens (tertiary/aromatic N) is 3. The van der Waals surface area contributed by atoms with Gasteiger partial charge in [0.2, 0.25) is 0 Å². The van der Waals surface area contributed by atoms with Crippen molar-refractivity contribution in [1.82, 2.24) is 5.43 Å². The number of nitro benzene ring substituents is 1. The second-order valence-electron chi connectivity index (χ2n) is 4.96. The van der Waals surface area contributed by atoms with Gasteiger partial charge in [-0.3, -0.25) is 14.9 Å². The van der Waals surface area contributed by atoms with E-state index < -0.39 is 4.92 Å². The molecule has 7 heteroatoms. The molecular weight excluding hydrogens is 296 g/mol. The van der Waals surface area contributed by atoms with Crippen LogP contribution in [0.15, 0.2) is 53.6 Å². The molecule has 118 valence electrons. The maximum atomic E-state index is 11.8. The first-order valence-corrected chi connectivity index (χ1v) is 6.83. The molecular formula is C16H16N4O3. The van der Waals surface area contributed by atoms with E-state index in [1.54, 1.807) is 55.4 Å². The third-order valence-electron chi connectivity index (χ3n) is 3.09. The van der Waals surface area contributed by atoms with Crippen LogP contribution in [-0.4, -0.2) is 31.1 Å². The summed E-state index contributed by atoms with van der Waals surface area (Å²) in [5, 5.41) is 14.9. The topological polar surface area (TPSA) is 87.8 Å². The smallest absolute Gasteiger partial charge is 0.293 e.